The van der Waals surface area contributed by atoms with Crippen molar-refractivity contribution in [2.45, 2.75) is 51.7 Å². The van der Waals surface area contributed by atoms with E-state index in [1.54, 1.807) is 12.1 Å². The van der Waals surface area contributed by atoms with Gasteiger partial charge in [0.1, 0.15) is 6.04 Å². The minimum absolute atomic E-state index is 0.116. The third-order valence-electron chi connectivity index (χ3n) is 5.89. The Hall–Kier alpha value is -2.58. The zero-order valence-corrected chi connectivity index (χ0v) is 16.7. The summed E-state index contributed by atoms with van der Waals surface area (Å²) >= 11 is 0. The molecule has 0 saturated carbocycles. The van der Waals surface area contributed by atoms with Crippen molar-refractivity contribution in [2.75, 3.05) is 13.1 Å². The lowest BCUT2D eigenvalue weighted by molar-refractivity contribution is -0.136. The van der Waals surface area contributed by atoms with Crippen LogP contribution >= 0.6 is 0 Å². The van der Waals surface area contributed by atoms with E-state index < -0.39 is 23.8 Å². The Morgan fingerprint density at radius 3 is 2.62 bits per heavy atom. The van der Waals surface area contributed by atoms with Crippen LogP contribution in [0.25, 0.3) is 0 Å². The van der Waals surface area contributed by atoms with Crippen LogP contribution < -0.4 is 16.0 Å². The number of piperidine rings is 2. The molecule has 4 rings (SSSR count). The molecule has 2 saturated heterocycles. The van der Waals surface area contributed by atoms with Crippen LogP contribution in [-0.4, -0.2) is 53.7 Å². The third kappa shape index (κ3) is 3.82. The van der Waals surface area contributed by atoms with Crippen LogP contribution in [0.5, 0.6) is 0 Å². The largest absolute Gasteiger partial charge is 0.315 e. The van der Waals surface area contributed by atoms with Crippen LogP contribution in [0.4, 0.5) is 0 Å². The maximum absolute atomic E-state index is 12.9. The Morgan fingerprint density at radius 1 is 1.14 bits per heavy atom. The molecule has 2 unspecified atom stereocenters. The number of hydrogen-bond acceptors (Lipinski definition) is 6. The molecule has 0 aromatic heterocycles. The summed E-state index contributed by atoms with van der Waals surface area (Å²) in [6.07, 6.45) is 1.34. The van der Waals surface area contributed by atoms with Crippen molar-refractivity contribution in [1.29, 1.82) is 0 Å². The summed E-state index contributed by atoms with van der Waals surface area (Å²) in [6.45, 7) is 6.95. The van der Waals surface area contributed by atoms with Gasteiger partial charge in [-0.25, -0.2) is 0 Å². The number of carbonyl (C=O) groups is 4. The van der Waals surface area contributed by atoms with Gasteiger partial charge < -0.3 is 10.6 Å². The van der Waals surface area contributed by atoms with Crippen molar-refractivity contribution in [3.8, 4) is 0 Å². The highest BCUT2D eigenvalue weighted by atomic mass is 16.2. The van der Waals surface area contributed by atoms with Gasteiger partial charge in [-0.1, -0.05) is 19.9 Å². The Balaban J connectivity index is 1.47. The highest BCUT2D eigenvalue weighted by Crippen LogP contribution is 2.29. The third-order valence-corrected chi connectivity index (χ3v) is 5.89. The normalized spacial score (nSPS) is 26.5. The van der Waals surface area contributed by atoms with Gasteiger partial charge in [0.2, 0.25) is 11.8 Å². The van der Waals surface area contributed by atoms with E-state index in [-0.39, 0.29) is 24.2 Å². The Kier molecular flexibility index (Phi) is 5.00. The first kappa shape index (κ1) is 19.7. The fourth-order valence-corrected chi connectivity index (χ4v) is 4.43. The van der Waals surface area contributed by atoms with Gasteiger partial charge in [0.15, 0.2) is 0 Å². The van der Waals surface area contributed by atoms with E-state index in [2.05, 4.69) is 29.8 Å². The van der Waals surface area contributed by atoms with Gasteiger partial charge in [-0.2, -0.15) is 0 Å². The summed E-state index contributed by atoms with van der Waals surface area (Å²) in [7, 11) is 0. The first-order valence-electron chi connectivity index (χ1n) is 10.0. The van der Waals surface area contributed by atoms with Crippen LogP contribution in [0.15, 0.2) is 18.2 Å². The van der Waals surface area contributed by atoms with E-state index in [1.165, 1.54) is 0 Å². The zero-order valence-electron chi connectivity index (χ0n) is 16.7. The number of benzene rings is 1. The van der Waals surface area contributed by atoms with Gasteiger partial charge in [0.05, 0.1) is 11.1 Å². The summed E-state index contributed by atoms with van der Waals surface area (Å²) in [4.78, 5) is 50.1. The van der Waals surface area contributed by atoms with Crippen molar-refractivity contribution in [1.82, 2.24) is 20.9 Å². The smallest absolute Gasteiger partial charge is 0.262 e. The SMILES string of the molecule is CC1(C)CNCC(NCc2ccc3c(c2)C(=O)N(C2CCC(=O)NC2=O)C3=O)C1. The molecule has 1 aromatic rings. The molecule has 2 atom stereocenters. The average Bonchev–Trinajstić information content (AvgIpc) is 2.90. The highest BCUT2D eigenvalue weighted by molar-refractivity contribution is 6.23. The summed E-state index contributed by atoms with van der Waals surface area (Å²) in [5.41, 5.74) is 1.78. The number of nitrogens with one attached hydrogen (secondary N) is 3. The van der Waals surface area contributed by atoms with Crippen molar-refractivity contribution in [2.24, 2.45) is 5.41 Å². The molecule has 0 spiro atoms. The van der Waals surface area contributed by atoms with Crippen LogP contribution in [0.3, 0.4) is 0 Å². The Labute approximate surface area is 169 Å². The van der Waals surface area contributed by atoms with Crippen molar-refractivity contribution in [3.05, 3.63) is 34.9 Å². The predicted octanol–water partition coefficient (Wildman–Crippen LogP) is 0.566. The van der Waals surface area contributed by atoms with Crippen LogP contribution in [0.1, 0.15) is 59.4 Å². The number of hydrogen-bond donors (Lipinski definition) is 3. The molecular weight excluding hydrogens is 372 g/mol. The van der Waals surface area contributed by atoms with Crippen molar-refractivity contribution in [3.63, 3.8) is 0 Å². The molecule has 8 heteroatoms. The van der Waals surface area contributed by atoms with Gasteiger partial charge in [-0.3, -0.25) is 29.4 Å². The van der Waals surface area contributed by atoms with E-state index >= 15 is 0 Å². The van der Waals surface area contributed by atoms with E-state index in [4.69, 9.17) is 0 Å². The minimum Gasteiger partial charge on any atom is -0.315 e. The lowest BCUT2D eigenvalue weighted by Gasteiger charge is -2.36. The van der Waals surface area contributed by atoms with E-state index in [0.29, 0.717) is 23.7 Å². The molecule has 3 aliphatic heterocycles. The summed E-state index contributed by atoms with van der Waals surface area (Å²) in [6, 6.07) is 4.63. The lowest BCUT2D eigenvalue weighted by atomic mass is 9.83. The maximum Gasteiger partial charge on any atom is 0.262 e. The highest BCUT2D eigenvalue weighted by Gasteiger charge is 2.44. The number of carbonyl (C=O) groups excluding carboxylic acids is 4. The van der Waals surface area contributed by atoms with E-state index in [0.717, 1.165) is 30.0 Å². The van der Waals surface area contributed by atoms with Crippen molar-refractivity contribution >= 4 is 23.6 Å². The lowest BCUT2D eigenvalue weighted by Crippen LogP contribution is -2.54. The van der Waals surface area contributed by atoms with E-state index in [9.17, 15) is 19.2 Å². The second-order valence-electron chi connectivity index (χ2n) is 8.90. The van der Waals surface area contributed by atoms with Crippen molar-refractivity contribution < 1.29 is 19.2 Å². The Morgan fingerprint density at radius 2 is 1.90 bits per heavy atom. The second kappa shape index (κ2) is 7.35. The first-order chi connectivity index (χ1) is 13.7. The van der Waals surface area contributed by atoms with Gasteiger partial charge in [0.25, 0.3) is 11.8 Å². The molecule has 0 radical (unpaired) electrons. The molecule has 1 aromatic carbocycles. The van der Waals surface area contributed by atoms with Crippen LogP contribution in [-0.2, 0) is 16.1 Å². The van der Waals surface area contributed by atoms with Gasteiger partial charge in [-0.05, 0) is 36.0 Å². The molecule has 3 heterocycles. The summed E-state index contributed by atoms with van der Waals surface area (Å²) in [5.74, 6) is -1.92. The summed E-state index contributed by atoms with van der Waals surface area (Å²) < 4.78 is 0. The number of imide groups is 2. The molecule has 3 N–H and O–H groups in total. The molecule has 3 aliphatic rings. The molecule has 0 bridgehead atoms. The Bertz CT molecular complexity index is 895. The molecule has 2 fully saturated rings. The fraction of sp³-hybridized carbons (Fsp3) is 0.524. The van der Waals surface area contributed by atoms with E-state index in [1.807, 2.05) is 6.07 Å². The number of rotatable bonds is 4. The number of amides is 4. The molecular formula is C21H26N4O4. The monoisotopic (exact) mass is 398 g/mol. The molecule has 8 nitrogen and oxygen atoms in total. The zero-order chi connectivity index (χ0) is 20.8. The molecule has 4 amide bonds. The minimum atomic E-state index is -0.933. The second-order valence-corrected chi connectivity index (χ2v) is 8.90. The van der Waals surface area contributed by atoms with Crippen LogP contribution in [0.2, 0.25) is 0 Å². The van der Waals surface area contributed by atoms with Gasteiger partial charge in [0, 0.05) is 32.1 Å². The molecule has 29 heavy (non-hydrogen) atoms. The number of fused-ring (bicyclic) bond motifs is 1. The maximum atomic E-state index is 12.9. The van der Waals surface area contributed by atoms with Gasteiger partial charge in [-0.15, -0.1) is 0 Å². The average molecular weight is 398 g/mol. The first-order valence-corrected chi connectivity index (χ1v) is 10.0. The molecule has 0 aliphatic carbocycles. The molecule has 154 valence electrons. The quantitative estimate of drug-likeness (QED) is 0.640. The standard InChI is InChI=1S/C21H26N4O4/c1-21(2)8-13(10-22-11-21)23-9-12-3-4-14-15(7-12)20(29)25(19(14)28)16-5-6-17(26)24-18(16)27/h3-4,7,13,16,22-23H,5-6,8-11H2,1-2H3,(H,24,26,27). The van der Waals surface area contributed by atoms with Gasteiger partial charge >= 0.3 is 0 Å². The number of nitrogens with zero attached hydrogens (tertiary/aromatic N) is 1. The summed E-state index contributed by atoms with van der Waals surface area (Å²) in [5, 5.41) is 9.17. The fourth-order valence-electron chi connectivity index (χ4n) is 4.43. The topological polar surface area (TPSA) is 108 Å². The predicted molar refractivity (Wildman–Crippen MR) is 105 cm³/mol. The van der Waals surface area contributed by atoms with Crippen LogP contribution in [0, 0.1) is 5.41 Å².